The van der Waals surface area contributed by atoms with Gasteiger partial charge in [-0.3, -0.25) is 0 Å². The Hall–Kier alpha value is -1.55. The molecule has 2 amide bonds. The lowest BCUT2D eigenvalue weighted by Crippen LogP contribution is -2.49. The van der Waals surface area contributed by atoms with E-state index >= 15 is 0 Å². The average Bonchev–Trinajstić information content (AvgIpc) is 2.27. The van der Waals surface area contributed by atoms with Gasteiger partial charge in [0.25, 0.3) is 0 Å². The average molecular weight is 264 g/mol. The van der Waals surface area contributed by atoms with Gasteiger partial charge in [0, 0.05) is 11.6 Å². The van der Waals surface area contributed by atoms with E-state index < -0.39 is 6.10 Å². The zero-order valence-electron chi connectivity index (χ0n) is 12.1. The molecular formula is C15H24N2O2. The van der Waals surface area contributed by atoms with Crippen LogP contribution in [0.15, 0.2) is 30.3 Å². The molecule has 19 heavy (non-hydrogen) atoms. The molecule has 0 aromatic heterocycles. The van der Waals surface area contributed by atoms with Crippen LogP contribution in [0.1, 0.15) is 45.8 Å². The molecule has 0 saturated carbocycles. The topological polar surface area (TPSA) is 61.4 Å². The molecule has 0 saturated heterocycles. The van der Waals surface area contributed by atoms with Crippen molar-refractivity contribution in [2.24, 2.45) is 0 Å². The molecule has 3 N–H and O–H groups in total. The Balaban J connectivity index is 2.43. The number of aliphatic hydroxyl groups excluding tert-OH is 1. The highest BCUT2D eigenvalue weighted by molar-refractivity contribution is 5.74. The van der Waals surface area contributed by atoms with Crippen molar-refractivity contribution < 1.29 is 9.90 Å². The molecule has 2 atom stereocenters. The first-order chi connectivity index (χ1) is 8.78. The fourth-order valence-corrected chi connectivity index (χ4v) is 1.81. The van der Waals surface area contributed by atoms with E-state index in [0.717, 1.165) is 5.56 Å². The van der Waals surface area contributed by atoms with Crippen molar-refractivity contribution in [3.05, 3.63) is 35.9 Å². The standard InChI is InChI=1S/C15H24N2O2/c1-11(16-14(19)17-15(2,3)4)10-13(18)12-8-6-5-7-9-12/h5-9,11,13,18H,10H2,1-4H3,(H2,16,17,19). The number of hydrogen-bond acceptors (Lipinski definition) is 2. The molecule has 4 nitrogen and oxygen atoms in total. The zero-order valence-corrected chi connectivity index (χ0v) is 12.1. The lowest BCUT2D eigenvalue weighted by Gasteiger charge is -2.24. The van der Waals surface area contributed by atoms with Crippen molar-refractivity contribution in [1.29, 1.82) is 0 Å². The summed E-state index contributed by atoms with van der Waals surface area (Å²) in [5, 5.41) is 15.7. The third kappa shape index (κ3) is 6.25. The number of rotatable bonds is 4. The predicted molar refractivity (Wildman–Crippen MR) is 76.9 cm³/mol. The quantitative estimate of drug-likeness (QED) is 0.782. The van der Waals surface area contributed by atoms with Crippen molar-refractivity contribution in [1.82, 2.24) is 10.6 Å². The number of carbonyl (C=O) groups is 1. The normalized spacial score (nSPS) is 14.6. The SMILES string of the molecule is CC(CC(O)c1ccccc1)NC(=O)NC(C)(C)C. The van der Waals surface area contributed by atoms with Gasteiger partial charge in [0.2, 0.25) is 0 Å². The monoisotopic (exact) mass is 264 g/mol. The molecule has 0 radical (unpaired) electrons. The minimum Gasteiger partial charge on any atom is -0.388 e. The van der Waals surface area contributed by atoms with Crippen molar-refractivity contribution >= 4 is 6.03 Å². The van der Waals surface area contributed by atoms with Crippen LogP contribution in [-0.2, 0) is 0 Å². The summed E-state index contributed by atoms with van der Waals surface area (Å²) in [6, 6.07) is 9.15. The van der Waals surface area contributed by atoms with Gasteiger partial charge >= 0.3 is 6.03 Å². The summed E-state index contributed by atoms with van der Waals surface area (Å²) in [6.07, 6.45) is -0.0761. The Kier molecular flexibility index (Phi) is 5.36. The maximum Gasteiger partial charge on any atom is 0.315 e. The number of carbonyl (C=O) groups excluding carboxylic acids is 1. The Morgan fingerprint density at radius 3 is 2.37 bits per heavy atom. The predicted octanol–water partition coefficient (Wildman–Crippen LogP) is 2.60. The van der Waals surface area contributed by atoms with Crippen molar-refractivity contribution in [3.8, 4) is 0 Å². The first-order valence-corrected chi connectivity index (χ1v) is 6.59. The molecular weight excluding hydrogens is 240 g/mol. The van der Waals surface area contributed by atoms with Gasteiger partial charge in [-0.2, -0.15) is 0 Å². The van der Waals surface area contributed by atoms with E-state index in [2.05, 4.69) is 10.6 Å². The third-order valence-corrected chi connectivity index (χ3v) is 2.63. The van der Waals surface area contributed by atoms with E-state index in [4.69, 9.17) is 0 Å². The number of aliphatic hydroxyl groups is 1. The minimum atomic E-state index is -0.564. The molecule has 0 bridgehead atoms. The van der Waals surface area contributed by atoms with Gasteiger partial charge in [0.1, 0.15) is 0 Å². The zero-order chi connectivity index (χ0) is 14.5. The number of nitrogens with one attached hydrogen (secondary N) is 2. The summed E-state index contributed by atoms with van der Waals surface area (Å²) in [4.78, 5) is 11.7. The molecule has 106 valence electrons. The molecule has 0 aliphatic carbocycles. The Labute approximate surface area is 115 Å². The van der Waals surface area contributed by atoms with Gasteiger partial charge < -0.3 is 15.7 Å². The summed E-state index contributed by atoms with van der Waals surface area (Å²) < 4.78 is 0. The Morgan fingerprint density at radius 1 is 1.26 bits per heavy atom. The lowest BCUT2D eigenvalue weighted by molar-refractivity contribution is 0.154. The second kappa shape index (κ2) is 6.57. The van der Waals surface area contributed by atoms with E-state index in [1.165, 1.54) is 0 Å². The van der Waals surface area contributed by atoms with Gasteiger partial charge in [-0.15, -0.1) is 0 Å². The van der Waals surface area contributed by atoms with Crippen LogP contribution in [0.25, 0.3) is 0 Å². The van der Waals surface area contributed by atoms with E-state index in [0.29, 0.717) is 6.42 Å². The summed E-state index contributed by atoms with van der Waals surface area (Å²) in [5.41, 5.74) is 0.606. The molecule has 4 heteroatoms. The highest BCUT2D eigenvalue weighted by Gasteiger charge is 2.17. The number of hydrogen-bond donors (Lipinski definition) is 3. The first-order valence-electron chi connectivity index (χ1n) is 6.59. The fraction of sp³-hybridized carbons (Fsp3) is 0.533. The highest BCUT2D eigenvalue weighted by Crippen LogP contribution is 2.17. The Bertz CT molecular complexity index is 398. The van der Waals surface area contributed by atoms with Crippen molar-refractivity contribution in [2.75, 3.05) is 0 Å². The summed E-state index contributed by atoms with van der Waals surface area (Å²) in [7, 11) is 0. The Morgan fingerprint density at radius 2 is 1.84 bits per heavy atom. The van der Waals surface area contributed by atoms with Gasteiger partial charge in [0.05, 0.1) is 6.10 Å². The maximum absolute atomic E-state index is 11.7. The summed E-state index contributed by atoms with van der Waals surface area (Å²) in [6.45, 7) is 7.66. The van der Waals surface area contributed by atoms with E-state index in [-0.39, 0.29) is 17.6 Å². The van der Waals surface area contributed by atoms with Crippen LogP contribution < -0.4 is 10.6 Å². The maximum atomic E-state index is 11.7. The number of amides is 2. The van der Waals surface area contributed by atoms with Crippen molar-refractivity contribution in [2.45, 2.75) is 51.8 Å². The smallest absolute Gasteiger partial charge is 0.315 e. The lowest BCUT2D eigenvalue weighted by atomic mass is 10.0. The first kappa shape index (κ1) is 15.5. The summed E-state index contributed by atoms with van der Waals surface area (Å²) in [5.74, 6) is 0. The third-order valence-electron chi connectivity index (χ3n) is 2.63. The number of benzene rings is 1. The second-order valence-electron chi connectivity index (χ2n) is 5.91. The fourth-order valence-electron chi connectivity index (χ4n) is 1.81. The second-order valence-corrected chi connectivity index (χ2v) is 5.91. The molecule has 0 spiro atoms. The molecule has 0 fully saturated rings. The van der Waals surface area contributed by atoms with Crippen LogP contribution >= 0.6 is 0 Å². The van der Waals surface area contributed by atoms with Gasteiger partial charge in [0.15, 0.2) is 0 Å². The molecule has 1 rings (SSSR count). The molecule has 2 unspecified atom stereocenters. The highest BCUT2D eigenvalue weighted by atomic mass is 16.3. The largest absolute Gasteiger partial charge is 0.388 e. The van der Waals surface area contributed by atoms with Crippen LogP contribution in [0.4, 0.5) is 4.79 Å². The van der Waals surface area contributed by atoms with Crippen LogP contribution in [0.5, 0.6) is 0 Å². The molecule has 0 aliphatic rings. The van der Waals surface area contributed by atoms with E-state index in [9.17, 15) is 9.90 Å². The van der Waals surface area contributed by atoms with Gasteiger partial charge in [-0.1, -0.05) is 30.3 Å². The van der Waals surface area contributed by atoms with Crippen LogP contribution in [0.3, 0.4) is 0 Å². The molecule has 1 aromatic rings. The van der Waals surface area contributed by atoms with Crippen LogP contribution in [0, 0.1) is 0 Å². The van der Waals surface area contributed by atoms with Crippen LogP contribution in [-0.4, -0.2) is 22.7 Å². The number of urea groups is 1. The van der Waals surface area contributed by atoms with Crippen molar-refractivity contribution in [3.63, 3.8) is 0 Å². The summed E-state index contributed by atoms with van der Waals surface area (Å²) >= 11 is 0. The van der Waals surface area contributed by atoms with Crippen LogP contribution in [0.2, 0.25) is 0 Å². The molecule has 0 aliphatic heterocycles. The molecule has 1 aromatic carbocycles. The van der Waals surface area contributed by atoms with E-state index in [1.54, 1.807) is 0 Å². The molecule has 0 heterocycles. The van der Waals surface area contributed by atoms with E-state index in [1.807, 2.05) is 58.0 Å². The van der Waals surface area contributed by atoms with Gasteiger partial charge in [-0.05, 0) is 39.7 Å². The van der Waals surface area contributed by atoms with Gasteiger partial charge in [-0.25, -0.2) is 4.79 Å². The minimum absolute atomic E-state index is 0.0995.